The summed E-state index contributed by atoms with van der Waals surface area (Å²) in [5.41, 5.74) is 0. The number of nitrogens with one attached hydrogen (secondary N) is 2. The smallest absolute Gasteiger partial charge is 0.191 e. The van der Waals surface area contributed by atoms with Gasteiger partial charge in [0, 0.05) is 33.4 Å². The van der Waals surface area contributed by atoms with Gasteiger partial charge in [0.15, 0.2) is 5.96 Å². The fraction of sp³-hybridized carbons (Fsp3) is 0.917. The first-order valence-corrected chi connectivity index (χ1v) is 6.28. The van der Waals surface area contributed by atoms with Gasteiger partial charge in [-0.05, 0) is 19.8 Å². The van der Waals surface area contributed by atoms with E-state index in [1.54, 1.807) is 14.2 Å². The van der Waals surface area contributed by atoms with Crippen LogP contribution in [0.1, 0.15) is 26.7 Å². The molecule has 0 aromatic heterocycles. The fourth-order valence-electron chi connectivity index (χ4n) is 1.16. The van der Waals surface area contributed by atoms with Crippen LogP contribution in [-0.4, -0.2) is 52.5 Å². The average Bonchev–Trinajstić information content (AvgIpc) is 2.35. The molecule has 0 aromatic rings. The lowest BCUT2D eigenvalue weighted by molar-refractivity contribution is 0.0698. The third-order valence-electron chi connectivity index (χ3n) is 2.41. The Labute approximate surface area is 105 Å². The summed E-state index contributed by atoms with van der Waals surface area (Å²) in [6, 6.07) is 0.444. The summed E-state index contributed by atoms with van der Waals surface area (Å²) in [6.07, 6.45) is 2.05. The van der Waals surface area contributed by atoms with Crippen LogP contribution >= 0.6 is 0 Å². The van der Waals surface area contributed by atoms with Crippen LogP contribution in [0.3, 0.4) is 0 Å². The first-order valence-electron chi connectivity index (χ1n) is 6.28. The molecular formula is C12H27N3O2. The zero-order valence-corrected chi connectivity index (χ0v) is 11.6. The second-order valence-corrected chi connectivity index (χ2v) is 3.91. The standard InChI is InChI=1S/C12H27N3O2/c1-5-11(2)15-12(13-3)14-7-6-8-17-10-9-16-4/h11H,5-10H2,1-4H3,(H2,13,14,15). The van der Waals surface area contributed by atoms with Gasteiger partial charge >= 0.3 is 0 Å². The van der Waals surface area contributed by atoms with Crippen molar-refractivity contribution in [3.63, 3.8) is 0 Å². The Morgan fingerprint density at radius 3 is 2.65 bits per heavy atom. The van der Waals surface area contributed by atoms with Gasteiger partial charge in [-0.25, -0.2) is 0 Å². The van der Waals surface area contributed by atoms with Crippen LogP contribution in [0.2, 0.25) is 0 Å². The predicted molar refractivity (Wildman–Crippen MR) is 71.6 cm³/mol. The van der Waals surface area contributed by atoms with Gasteiger partial charge in [0.05, 0.1) is 13.2 Å². The summed E-state index contributed by atoms with van der Waals surface area (Å²) in [5, 5.41) is 6.56. The van der Waals surface area contributed by atoms with Gasteiger partial charge in [-0.1, -0.05) is 6.92 Å². The molecule has 0 aliphatic heterocycles. The van der Waals surface area contributed by atoms with E-state index in [9.17, 15) is 0 Å². The van der Waals surface area contributed by atoms with Crippen LogP contribution in [0.15, 0.2) is 4.99 Å². The molecule has 0 aliphatic rings. The van der Waals surface area contributed by atoms with E-state index in [-0.39, 0.29) is 0 Å². The zero-order chi connectivity index (χ0) is 12.9. The molecular weight excluding hydrogens is 218 g/mol. The Bertz CT molecular complexity index is 198. The molecule has 1 atom stereocenters. The summed E-state index contributed by atoms with van der Waals surface area (Å²) >= 11 is 0. The van der Waals surface area contributed by atoms with E-state index < -0.39 is 0 Å². The maximum absolute atomic E-state index is 5.37. The van der Waals surface area contributed by atoms with E-state index in [4.69, 9.17) is 9.47 Å². The number of ether oxygens (including phenoxy) is 2. The van der Waals surface area contributed by atoms with Crippen molar-refractivity contribution in [1.82, 2.24) is 10.6 Å². The van der Waals surface area contributed by atoms with Crippen LogP contribution in [0, 0.1) is 0 Å². The van der Waals surface area contributed by atoms with Gasteiger partial charge in [0.1, 0.15) is 0 Å². The highest BCUT2D eigenvalue weighted by Crippen LogP contribution is 1.87. The van der Waals surface area contributed by atoms with Crippen LogP contribution in [-0.2, 0) is 9.47 Å². The summed E-state index contributed by atoms with van der Waals surface area (Å²) < 4.78 is 10.3. The van der Waals surface area contributed by atoms with Gasteiger partial charge in [-0.15, -0.1) is 0 Å². The molecule has 102 valence electrons. The molecule has 0 bridgehead atoms. The molecule has 17 heavy (non-hydrogen) atoms. The van der Waals surface area contributed by atoms with Crippen LogP contribution < -0.4 is 10.6 Å². The second-order valence-electron chi connectivity index (χ2n) is 3.91. The summed E-state index contributed by atoms with van der Waals surface area (Å²) in [5.74, 6) is 0.858. The molecule has 0 saturated carbocycles. The van der Waals surface area contributed by atoms with Crippen molar-refractivity contribution in [2.75, 3.05) is 40.5 Å². The van der Waals surface area contributed by atoms with E-state index in [2.05, 4.69) is 29.5 Å². The van der Waals surface area contributed by atoms with Gasteiger partial charge in [-0.2, -0.15) is 0 Å². The SMILES string of the molecule is CCC(C)NC(=NC)NCCCOCCOC. The van der Waals surface area contributed by atoms with Crippen LogP contribution in [0.5, 0.6) is 0 Å². The fourth-order valence-corrected chi connectivity index (χ4v) is 1.16. The Kier molecular flexibility index (Phi) is 11.1. The molecule has 0 aliphatic carbocycles. The second kappa shape index (κ2) is 11.7. The molecule has 5 heteroatoms. The number of rotatable bonds is 9. The summed E-state index contributed by atoms with van der Waals surface area (Å²) in [7, 11) is 3.46. The van der Waals surface area contributed by atoms with Crippen LogP contribution in [0.25, 0.3) is 0 Å². The van der Waals surface area contributed by atoms with E-state index in [0.717, 1.165) is 32.0 Å². The van der Waals surface area contributed by atoms with Crippen molar-refractivity contribution in [2.45, 2.75) is 32.7 Å². The Hall–Kier alpha value is -0.810. The minimum atomic E-state index is 0.444. The number of guanidine groups is 1. The number of methoxy groups -OCH3 is 1. The molecule has 2 N–H and O–H groups in total. The Morgan fingerprint density at radius 1 is 1.29 bits per heavy atom. The molecule has 0 fully saturated rings. The molecule has 0 amide bonds. The molecule has 0 saturated heterocycles. The number of aliphatic imine (C=N–C) groups is 1. The monoisotopic (exact) mass is 245 g/mol. The third kappa shape index (κ3) is 10.1. The minimum absolute atomic E-state index is 0.444. The maximum atomic E-state index is 5.37. The van der Waals surface area contributed by atoms with Gasteiger partial charge < -0.3 is 20.1 Å². The highest BCUT2D eigenvalue weighted by molar-refractivity contribution is 5.79. The molecule has 0 heterocycles. The summed E-state index contributed by atoms with van der Waals surface area (Å²) in [4.78, 5) is 4.16. The number of nitrogens with zero attached hydrogens (tertiary/aromatic N) is 1. The highest BCUT2D eigenvalue weighted by Gasteiger charge is 2.01. The van der Waals surface area contributed by atoms with Gasteiger partial charge in [0.25, 0.3) is 0 Å². The van der Waals surface area contributed by atoms with Crippen molar-refractivity contribution in [3.8, 4) is 0 Å². The summed E-state index contributed by atoms with van der Waals surface area (Å²) in [6.45, 7) is 7.22. The Balaban J connectivity index is 3.44. The van der Waals surface area contributed by atoms with Crippen molar-refractivity contribution in [1.29, 1.82) is 0 Å². The minimum Gasteiger partial charge on any atom is -0.382 e. The highest BCUT2D eigenvalue weighted by atomic mass is 16.5. The van der Waals surface area contributed by atoms with Gasteiger partial charge in [-0.3, -0.25) is 4.99 Å². The Morgan fingerprint density at radius 2 is 2.06 bits per heavy atom. The predicted octanol–water partition coefficient (Wildman–Crippen LogP) is 1.00. The molecule has 5 nitrogen and oxygen atoms in total. The van der Waals surface area contributed by atoms with E-state index >= 15 is 0 Å². The molecule has 0 radical (unpaired) electrons. The average molecular weight is 245 g/mol. The lowest BCUT2D eigenvalue weighted by Gasteiger charge is -2.16. The first-order chi connectivity index (χ1) is 8.24. The van der Waals surface area contributed by atoms with E-state index in [1.165, 1.54) is 0 Å². The maximum Gasteiger partial charge on any atom is 0.191 e. The van der Waals surface area contributed by atoms with Crippen molar-refractivity contribution in [2.24, 2.45) is 4.99 Å². The third-order valence-corrected chi connectivity index (χ3v) is 2.41. The number of hydrogen-bond acceptors (Lipinski definition) is 3. The topological polar surface area (TPSA) is 54.9 Å². The largest absolute Gasteiger partial charge is 0.382 e. The van der Waals surface area contributed by atoms with E-state index in [0.29, 0.717) is 19.3 Å². The van der Waals surface area contributed by atoms with Gasteiger partial charge in [0.2, 0.25) is 0 Å². The van der Waals surface area contributed by atoms with Crippen LogP contribution in [0.4, 0.5) is 0 Å². The molecule has 0 rings (SSSR count). The van der Waals surface area contributed by atoms with Crippen molar-refractivity contribution >= 4 is 5.96 Å². The molecule has 0 aromatic carbocycles. The first kappa shape index (κ1) is 16.2. The zero-order valence-electron chi connectivity index (χ0n) is 11.6. The van der Waals surface area contributed by atoms with Crippen molar-refractivity contribution in [3.05, 3.63) is 0 Å². The molecule has 0 spiro atoms. The quantitative estimate of drug-likeness (QED) is 0.361. The number of hydrogen-bond donors (Lipinski definition) is 2. The van der Waals surface area contributed by atoms with Crippen molar-refractivity contribution < 1.29 is 9.47 Å². The normalized spacial score (nSPS) is 13.5. The molecule has 1 unspecified atom stereocenters. The lowest BCUT2D eigenvalue weighted by atomic mass is 10.3. The lowest BCUT2D eigenvalue weighted by Crippen LogP contribution is -2.42. The van der Waals surface area contributed by atoms with E-state index in [1.807, 2.05) is 0 Å².